The molecule has 3 rings (SSSR count). The summed E-state index contributed by atoms with van der Waals surface area (Å²) in [7, 11) is 1.70. The number of hydrogen-bond donors (Lipinski definition) is 0. The topological polar surface area (TPSA) is 9.23 Å². The fraction of sp³-hybridized carbons (Fsp3) is 0.211. The van der Waals surface area contributed by atoms with Gasteiger partial charge in [-0.15, -0.1) is 34.5 Å². The maximum absolute atomic E-state index is 5.23. The van der Waals surface area contributed by atoms with E-state index in [2.05, 4.69) is 56.3 Å². The molecule has 3 aromatic rings. The van der Waals surface area contributed by atoms with Crippen LogP contribution in [0.3, 0.4) is 0 Å². The van der Waals surface area contributed by atoms with Crippen LogP contribution in [-0.2, 0) is 26.2 Å². The molecular weight excluding hydrogens is 406 g/mol. The Balaban J connectivity index is 0.00000161. The zero-order valence-electron chi connectivity index (χ0n) is 13.4. The first-order valence-corrected chi connectivity index (χ1v) is 7.03. The third kappa shape index (κ3) is 4.66. The van der Waals surface area contributed by atoms with E-state index in [0.29, 0.717) is 5.92 Å². The largest absolute Gasteiger partial charge is 3.00 e. The SMILES string of the molecule is COc1ccc(-c2cccc3[cH-]c(C(C)C)cc23)cc1.[Cl-].[Cl-].[Zr+3]. The number of hydrogen-bond acceptors (Lipinski definition) is 1. The van der Waals surface area contributed by atoms with Crippen LogP contribution >= 0.6 is 0 Å². The molecule has 0 aromatic heterocycles. The van der Waals surface area contributed by atoms with E-state index < -0.39 is 0 Å². The minimum Gasteiger partial charge on any atom is -1.00 e. The van der Waals surface area contributed by atoms with Crippen molar-refractivity contribution in [3.05, 3.63) is 60.2 Å². The number of ether oxygens (including phenoxy) is 1. The van der Waals surface area contributed by atoms with Gasteiger partial charge in [0.2, 0.25) is 0 Å². The molecule has 4 heteroatoms. The Morgan fingerprint density at radius 3 is 2.17 bits per heavy atom. The summed E-state index contributed by atoms with van der Waals surface area (Å²) < 4.78 is 5.23. The van der Waals surface area contributed by atoms with Gasteiger partial charge in [0.1, 0.15) is 5.75 Å². The van der Waals surface area contributed by atoms with E-state index in [9.17, 15) is 0 Å². The van der Waals surface area contributed by atoms with E-state index in [1.807, 2.05) is 12.1 Å². The van der Waals surface area contributed by atoms with Gasteiger partial charge in [-0.1, -0.05) is 37.6 Å². The zero-order chi connectivity index (χ0) is 14.1. The van der Waals surface area contributed by atoms with Gasteiger partial charge in [0, 0.05) is 0 Å². The minimum absolute atomic E-state index is 0. The third-order valence-electron chi connectivity index (χ3n) is 3.84. The predicted molar refractivity (Wildman–Crippen MR) is 85.6 cm³/mol. The van der Waals surface area contributed by atoms with Gasteiger partial charge < -0.3 is 29.6 Å². The van der Waals surface area contributed by atoms with Crippen molar-refractivity contribution < 1.29 is 55.8 Å². The molecule has 23 heavy (non-hydrogen) atoms. The second-order valence-corrected chi connectivity index (χ2v) is 5.48. The molecule has 0 aliphatic heterocycles. The Morgan fingerprint density at radius 2 is 1.61 bits per heavy atom. The molecule has 3 aromatic carbocycles. The second-order valence-electron chi connectivity index (χ2n) is 5.48. The Labute approximate surface area is 169 Å². The van der Waals surface area contributed by atoms with Crippen LogP contribution in [0.1, 0.15) is 25.3 Å². The van der Waals surface area contributed by atoms with Crippen molar-refractivity contribution in [2.75, 3.05) is 7.11 Å². The van der Waals surface area contributed by atoms with Crippen LogP contribution in [0.15, 0.2) is 54.6 Å². The minimum atomic E-state index is 0. The van der Waals surface area contributed by atoms with Crippen molar-refractivity contribution in [3.8, 4) is 16.9 Å². The molecule has 119 valence electrons. The molecule has 0 saturated carbocycles. The van der Waals surface area contributed by atoms with Crippen LogP contribution in [0.25, 0.3) is 21.9 Å². The number of fused-ring (bicyclic) bond motifs is 1. The first-order valence-electron chi connectivity index (χ1n) is 7.03. The van der Waals surface area contributed by atoms with Crippen LogP contribution in [0.5, 0.6) is 5.75 Å². The zero-order valence-corrected chi connectivity index (χ0v) is 17.4. The van der Waals surface area contributed by atoms with Crippen molar-refractivity contribution in [1.82, 2.24) is 0 Å². The molecular formula is C19H19Cl2OZr. The molecule has 1 radical (unpaired) electrons. The third-order valence-corrected chi connectivity index (χ3v) is 3.84. The number of methoxy groups -OCH3 is 1. The Morgan fingerprint density at radius 1 is 0.957 bits per heavy atom. The molecule has 0 spiro atoms. The molecule has 1 nitrogen and oxygen atoms in total. The summed E-state index contributed by atoms with van der Waals surface area (Å²) in [6.07, 6.45) is 0. The van der Waals surface area contributed by atoms with Crippen molar-refractivity contribution in [2.24, 2.45) is 0 Å². The van der Waals surface area contributed by atoms with Crippen LogP contribution in [0, 0.1) is 0 Å². The van der Waals surface area contributed by atoms with Gasteiger partial charge in [-0.05, 0) is 23.6 Å². The van der Waals surface area contributed by atoms with E-state index in [0.717, 1.165) is 5.75 Å². The quantitative estimate of drug-likeness (QED) is 0.508. The molecule has 0 saturated heterocycles. The van der Waals surface area contributed by atoms with Gasteiger partial charge in [-0.2, -0.15) is 6.07 Å². The fourth-order valence-electron chi connectivity index (χ4n) is 2.61. The first-order chi connectivity index (χ1) is 9.69. The molecule has 0 fully saturated rings. The number of rotatable bonds is 3. The van der Waals surface area contributed by atoms with Gasteiger partial charge >= 0.3 is 26.2 Å². The molecule has 0 aliphatic carbocycles. The van der Waals surface area contributed by atoms with E-state index in [-0.39, 0.29) is 51.0 Å². The Bertz CT molecular complexity index is 733. The Kier molecular flexibility index (Phi) is 9.28. The number of benzene rings is 2. The molecule has 0 bridgehead atoms. The van der Waals surface area contributed by atoms with Crippen LogP contribution in [-0.4, -0.2) is 7.11 Å². The maximum atomic E-state index is 5.23. The standard InChI is InChI=1S/C19H19O.2ClH.Zr/c1-13(2)16-11-15-5-4-6-18(19(15)12-16)14-7-9-17(20-3)10-8-14;;;/h4-13H,1-3H3;2*1H;/q-1;;;+3/p-2. The van der Waals surface area contributed by atoms with Gasteiger partial charge in [0.05, 0.1) is 7.11 Å². The van der Waals surface area contributed by atoms with E-state index >= 15 is 0 Å². The summed E-state index contributed by atoms with van der Waals surface area (Å²) >= 11 is 0. The summed E-state index contributed by atoms with van der Waals surface area (Å²) in [5, 5.41) is 2.66. The Hall–Kier alpha value is -0.687. The normalized spacial score (nSPS) is 9.74. The summed E-state index contributed by atoms with van der Waals surface area (Å²) in [5.41, 5.74) is 3.93. The van der Waals surface area contributed by atoms with Crippen LogP contribution in [0.2, 0.25) is 0 Å². The summed E-state index contributed by atoms with van der Waals surface area (Å²) in [4.78, 5) is 0. The van der Waals surface area contributed by atoms with Crippen molar-refractivity contribution in [3.63, 3.8) is 0 Å². The summed E-state index contributed by atoms with van der Waals surface area (Å²) in [6, 6.07) is 19.4. The molecule has 0 atom stereocenters. The molecule has 0 N–H and O–H groups in total. The molecule has 0 heterocycles. The van der Waals surface area contributed by atoms with Crippen molar-refractivity contribution in [2.45, 2.75) is 19.8 Å². The first kappa shape index (κ1) is 22.3. The smallest absolute Gasteiger partial charge is 1.00 e. The second kappa shape index (κ2) is 9.57. The van der Waals surface area contributed by atoms with Gasteiger partial charge in [0.15, 0.2) is 0 Å². The molecule has 0 aliphatic rings. The van der Waals surface area contributed by atoms with E-state index in [4.69, 9.17) is 4.74 Å². The summed E-state index contributed by atoms with van der Waals surface area (Å²) in [5.74, 6) is 1.46. The maximum Gasteiger partial charge on any atom is 3.00 e. The van der Waals surface area contributed by atoms with Crippen LogP contribution in [0.4, 0.5) is 0 Å². The van der Waals surface area contributed by atoms with Crippen LogP contribution < -0.4 is 29.6 Å². The van der Waals surface area contributed by atoms with Gasteiger partial charge in [-0.3, -0.25) is 0 Å². The number of halogens is 2. The average Bonchev–Trinajstić information content (AvgIpc) is 2.91. The van der Waals surface area contributed by atoms with Gasteiger partial charge in [0.25, 0.3) is 0 Å². The van der Waals surface area contributed by atoms with E-state index in [1.54, 1.807) is 7.11 Å². The van der Waals surface area contributed by atoms with Gasteiger partial charge in [-0.25, -0.2) is 0 Å². The molecule has 0 amide bonds. The monoisotopic (exact) mass is 423 g/mol. The molecule has 0 unspecified atom stereocenters. The van der Waals surface area contributed by atoms with Crippen molar-refractivity contribution in [1.29, 1.82) is 0 Å². The van der Waals surface area contributed by atoms with Crippen molar-refractivity contribution >= 4 is 10.8 Å². The fourth-order valence-corrected chi connectivity index (χ4v) is 2.61. The summed E-state index contributed by atoms with van der Waals surface area (Å²) in [6.45, 7) is 4.47. The predicted octanol–water partition coefficient (Wildman–Crippen LogP) is -0.637. The van der Waals surface area contributed by atoms with E-state index in [1.165, 1.54) is 27.5 Å². The average molecular weight is 425 g/mol.